The summed E-state index contributed by atoms with van der Waals surface area (Å²) in [6.07, 6.45) is 0.367. The molecule has 112 valence electrons. The van der Waals surface area contributed by atoms with Crippen LogP contribution in [0.15, 0.2) is 24.3 Å². The predicted molar refractivity (Wildman–Crippen MR) is 71.2 cm³/mol. The summed E-state index contributed by atoms with van der Waals surface area (Å²) in [7, 11) is 1.60. The third-order valence-corrected chi connectivity index (χ3v) is 4.25. The van der Waals surface area contributed by atoms with Gasteiger partial charge in [0.15, 0.2) is 0 Å². The molecule has 1 atom stereocenters. The number of benzene rings is 1. The van der Waals surface area contributed by atoms with Gasteiger partial charge in [-0.1, -0.05) is 31.4 Å². The molecule has 1 fully saturated rings. The van der Waals surface area contributed by atoms with Crippen molar-refractivity contribution in [3.63, 3.8) is 0 Å². The van der Waals surface area contributed by atoms with Crippen molar-refractivity contribution in [3.8, 4) is 0 Å². The molecule has 2 N–H and O–H groups in total. The van der Waals surface area contributed by atoms with Crippen molar-refractivity contribution in [2.75, 3.05) is 7.11 Å². The highest BCUT2D eigenvalue weighted by molar-refractivity contribution is 5.29. The first-order valence-corrected chi connectivity index (χ1v) is 6.87. The van der Waals surface area contributed by atoms with Crippen LogP contribution < -0.4 is 5.73 Å². The molecular weight excluding hydrogens is 267 g/mol. The molecule has 5 heteroatoms. The first-order valence-electron chi connectivity index (χ1n) is 6.87. The van der Waals surface area contributed by atoms with Crippen molar-refractivity contribution < 1.29 is 17.9 Å². The van der Waals surface area contributed by atoms with E-state index < -0.39 is 23.4 Å². The number of hydrogen-bond acceptors (Lipinski definition) is 2. The topological polar surface area (TPSA) is 35.2 Å². The van der Waals surface area contributed by atoms with Crippen LogP contribution in [0, 0.1) is 0 Å². The van der Waals surface area contributed by atoms with E-state index in [4.69, 9.17) is 10.5 Å². The fraction of sp³-hybridized carbons (Fsp3) is 0.600. The fourth-order valence-electron chi connectivity index (χ4n) is 3.00. The van der Waals surface area contributed by atoms with Crippen molar-refractivity contribution in [2.45, 2.75) is 49.9 Å². The van der Waals surface area contributed by atoms with Crippen LogP contribution in [0.25, 0.3) is 0 Å². The maximum Gasteiger partial charge on any atom is 0.416 e. The average molecular weight is 287 g/mol. The lowest BCUT2D eigenvalue weighted by Gasteiger charge is -2.41. The Labute approximate surface area is 117 Å². The van der Waals surface area contributed by atoms with Crippen molar-refractivity contribution in [3.05, 3.63) is 35.4 Å². The standard InChI is InChI=1S/C15H20F3NO/c1-20-14(8-3-2-4-9-14)13(19)11-6-5-7-12(10-11)15(16,17)18/h5-7,10,13H,2-4,8-9,19H2,1H3. The second-order valence-corrected chi connectivity index (χ2v) is 5.43. The molecule has 1 aromatic carbocycles. The number of hydrogen-bond donors (Lipinski definition) is 1. The quantitative estimate of drug-likeness (QED) is 0.910. The van der Waals surface area contributed by atoms with Gasteiger partial charge >= 0.3 is 6.18 Å². The summed E-state index contributed by atoms with van der Waals surface area (Å²) in [5.41, 5.74) is 5.53. The highest BCUT2D eigenvalue weighted by Crippen LogP contribution is 2.40. The van der Waals surface area contributed by atoms with Crippen molar-refractivity contribution >= 4 is 0 Å². The molecule has 0 heterocycles. The third-order valence-electron chi connectivity index (χ3n) is 4.25. The minimum atomic E-state index is -4.34. The van der Waals surface area contributed by atoms with Crippen molar-refractivity contribution in [1.82, 2.24) is 0 Å². The highest BCUT2D eigenvalue weighted by atomic mass is 19.4. The summed E-state index contributed by atoms with van der Waals surface area (Å²) in [5.74, 6) is 0. The lowest BCUT2D eigenvalue weighted by atomic mass is 9.77. The molecule has 20 heavy (non-hydrogen) atoms. The highest BCUT2D eigenvalue weighted by Gasteiger charge is 2.39. The average Bonchev–Trinajstić information content (AvgIpc) is 2.46. The van der Waals surface area contributed by atoms with Gasteiger partial charge in [0, 0.05) is 7.11 Å². The second kappa shape index (κ2) is 5.74. The van der Waals surface area contributed by atoms with Gasteiger partial charge in [-0.2, -0.15) is 13.2 Å². The van der Waals surface area contributed by atoms with Crippen LogP contribution in [0.2, 0.25) is 0 Å². The molecule has 1 unspecified atom stereocenters. The smallest absolute Gasteiger partial charge is 0.376 e. The van der Waals surface area contributed by atoms with Gasteiger partial charge in [0.05, 0.1) is 17.2 Å². The minimum absolute atomic E-state index is 0.489. The molecular formula is C15H20F3NO. The van der Waals surface area contributed by atoms with Gasteiger partial charge in [0.25, 0.3) is 0 Å². The normalized spacial score (nSPS) is 20.6. The number of alkyl halides is 3. The lowest BCUT2D eigenvalue weighted by molar-refractivity contribution is -0.137. The van der Waals surface area contributed by atoms with Gasteiger partial charge in [-0.15, -0.1) is 0 Å². The van der Waals surface area contributed by atoms with E-state index in [1.165, 1.54) is 6.07 Å². The van der Waals surface area contributed by atoms with Gasteiger partial charge in [-0.25, -0.2) is 0 Å². The Hall–Kier alpha value is -1.07. The predicted octanol–water partition coefficient (Wildman–Crippen LogP) is 4.05. The van der Waals surface area contributed by atoms with Crippen molar-refractivity contribution in [2.24, 2.45) is 5.73 Å². The van der Waals surface area contributed by atoms with Crippen LogP contribution in [0.1, 0.15) is 49.3 Å². The molecule has 0 aromatic heterocycles. The van der Waals surface area contributed by atoms with Crippen LogP contribution in [0.5, 0.6) is 0 Å². The van der Waals surface area contributed by atoms with Crippen LogP contribution in [-0.4, -0.2) is 12.7 Å². The van der Waals surface area contributed by atoms with Crippen LogP contribution in [-0.2, 0) is 10.9 Å². The summed E-state index contributed by atoms with van der Waals surface area (Å²) in [6, 6.07) is 4.73. The zero-order valence-electron chi connectivity index (χ0n) is 11.5. The van der Waals surface area contributed by atoms with E-state index in [1.54, 1.807) is 13.2 Å². The molecule has 1 aromatic rings. The molecule has 2 nitrogen and oxygen atoms in total. The number of halogens is 3. The maximum atomic E-state index is 12.8. The van der Waals surface area contributed by atoms with E-state index in [0.717, 1.165) is 44.2 Å². The number of methoxy groups -OCH3 is 1. The Morgan fingerprint density at radius 3 is 2.40 bits per heavy atom. The first kappa shape index (κ1) is 15.3. The monoisotopic (exact) mass is 287 g/mol. The molecule has 0 saturated heterocycles. The molecule has 0 bridgehead atoms. The Morgan fingerprint density at radius 1 is 1.20 bits per heavy atom. The summed E-state index contributed by atoms with van der Waals surface area (Å²) in [4.78, 5) is 0. The van der Waals surface area contributed by atoms with Gasteiger partial charge < -0.3 is 10.5 Å². The molecule has 0 aliphatic heterocycles. The van der Waals surface area contributed by atoms with E-state index in [0.29, 0.717) is 5.56 Å². The van der Waals surface area contributed by atoms with Gasteiger partial charge in [-0.3, -0.25) is 0 Å². The van der Waals surface area contributed by atoms with Gasteiger partial charge in [0.1, 0.15) is 0 Å². The minimum Gasteiger partial charge on any atom is -0.376 e. The molecule has 0 amide bonds. The van der Waals surface area contributed by atoms with Gasteiger partial charge in [-0.05, 0) is 30.5 Å². The first-order chi connectivity index (χ1) is 9.39. The Bertz CT molecular complexity index is 453. The van der Waals surface area contributed by atoms with E-state index >= 15 is 0 Å². The second-order valence-electron chi connectivity index (χ2n) is 5.43. The summed E-state index contributed by atoms with van der Waals surface area (Å²) < 4.78 is 44.0. The van der Waals surface area contributed by atoms with E-state index in [9.17, 15) is 13.2 Å². The van der Waals surface area contributed by atoms with E-state index in [1.807, 2.05) is 0 Å². The molecule has 2 rings (SSSR count). The fourth-order valence-corrected chi connectivity index (χ4v) is 3.00. The Kier molecular flexibility index (Phi) is 4.39. The van der Waals surface area contributed by atoms with Crippen molar-refractivity contribution in [1.29, 1.82) is 0 Å². The van der Waals surface area contributed by atoms with Crippen LogP contribution >= 0.6 is 0 Å². The number of ether oxygens (including phenoxy) is 1. The van der Waals surface area contributed by atoms with E-state index in [-0.39, 0.29) is 0 Å². The third kappa shape index (κ3) is 2.99. The zero-order chi connectivity index (χ0) is 14.8. The van der Waals surface area contributed by atoms with Gasteiger partial charge in [0.2, 0.25) is 0 Å². The summed E-state index contributed by atoms with van der Waals surface area (Å²) >= 11 is 0. The summed E-state index contributed by atoms with van der Waals surface area (Å²) in [6.45, 7) is 0. The number of rotatable bonds is 3. The zero-order valence-corrected chi connectivity index (χ0v) is 11.5. The van der Waals surface area contributed by atoms with Crippen LogP contribution in [0.3, 0.4) is 0 Å². The largest absolute Gasteiger partial charge is 0.416 e. The maximum absolute atomic E-state index is 12.8. The lowest BCUT2D eigenvalue weighted by Crippen LogP contribution is -2.44. The SMILES string of the molecule is COC1(C(N)c2cccc(C(F)(F)F)c2)CCCCC1. The summed E-state index contributed by atoms with van der Waals surface area (Å²) in [5, 5.41) is 0. The molecule has 0 spiro atoms. The van der Waals surface area contributed by atoms with Crippen LogP contribution in [0.4, 0.5) is 13.2 Å². The number of nitrogens with two attached hydrogens (primary N) is 1. The molecule has 0 radical (unpaired) electrons. The Balaban J connectivity index is 2.30. The molecule has 1 aliphatic carbocycles. The van der Waals surface area contributed by atoms with E-state index in [2.05, 4.69) is 0 Å². The Morgan fingerprint density at radius 2 is 1.85 bits per heavy atom. The molecule has 1 aliphatic rings. The molecule has 1 saturated carbocycles.